The first-order valence-corrected chi connectivity index (χ1v) is 11.1. The standard InChI is InChI=1S/C23H24N2O4S/c1-3-18-9-13-21(14-10-18)29-17(2)23(26)24-19-11-15-22(16-12-19)30(27,28)25-20-7-5-4-6-8-20/h4-17,25H,3H2,1-2H3,(H,24,26). The first-order chi connectivity index (χ1) is 14.4. The lowest BCUT2D eigenvalue weighted by molar-refractivity contribution is -0.122. The maximum Gasteiger partial charge on any atom is 0.265 e. The Morgan fingerprint density at radius 3 is 2.13 bits per heavy atom. The third kappa shape index (κ3) is 5.61. The summed E-state index contributed by atoms with van der Waals surface area (Å²) >= 11 is 0. The summed E-state index contributed by atoms with van der Waals surface area (Å²) in [4.78, 5) is 12.5. The summed E-state index contributed by atoms with van der Waals surface area (Å²) in [6.07, 6.45) is 0.226. The van der Waals surface area contributed by atoms with Crippen molar-refractivity contribution < 1.29 is 17.9 Å². The van der Waals surface area contributed by atoms with Crippen LogP contribution in [-0.4, -0.2) is 20.4 Å². The van der Waals surface area contributed by atoms with Crippen molar-refractivity contribution in [3.8, 4) is 5.75 Å². The van der Waals surface area contributed by atoms with Gasteiger partial charge >= 0.3 is 0 Å². The lowest BCUT2D eigenvalue weighted by atomic mass is 10.2. The number of ether oxygens (including phenoxy) is 1. The molecule has 1 unspecified atom stereocenters. The SMILES string of the molecule is CCc1ccc(OC(C)C(=O)Nc2ccc(S(=O)(=O)Nc3ccccc3)cc2)cc1. The summed E-state index contributed by atoms with van der Waals surface area (Å²) in [6, 6.07) is 22.2. The van der Waals surface area contributed by atoms with Crippen LogP contribution in [0.4, 0.5) is 11.4 Å². The largest absolute Gasteiger partial charge is 0.481 e. The van der Waals surface area contributed by atoms with Crippen molar-refractivity contribution in [2.45, 2.75) is 31.3 Å². The third-order valence-corrected chi connectivity index (χ3v) is 5.87. The van der Waals surface area contributed by atoms with Crippen molar-refractivity contribution in [3.63, 3.8) is 0 Å². The molecule has 0 aliphatic rings. The Balaban J connectivity index is 1.60. The van der Waals surface area contributed by atoms with Gasteiger partial charge < -0.3 is 10.1 Å². The molecule has 6 nitrogen and oxygen atoms in total. The number of anilines is 2. The number of amides is 1. The molecular weight excluding hydrogens is 400 g/mol. The third-order valence-electron chi connectivity index (χ3n) is 4.47. The normalized spacial score (nSPS) is 12.1. The van der Waals surface area contributed by atoms with Crippen molar-refractivity contribution in [3.05, 3.63) is 84.4 Å². The van der Waals surface area contributed by atoms with Crippen molar-refractivity contribution >= 4 is 27.3 Å². The average Bonchev–Trinajstić information content (AvgIpc) is 2.75. The van der Waals surface area contributed by atoms with E-state index in [-0.39, 0.29) is 10.8 Å². The van der Waals surface area contributed by atoms with E-state index < -0.39 is 16.1 Å². The molecule has 7 heteroatoms. The van der Waals surface area contributed by atoms with Crippen LogP contribution in [-0.2, 0) is 21.2 Å². The number of rotatable bonds is 8. The fourth-order valence-electron chi connectivity index (χ4n) is 2.74. The molecule has 1 amide bonds. The summed E-state index contributed by atoms with van der Waals surface area (Å²) in [7, 11) is -3.71. The van der Waals surface area contributed by atoms with Gasteiger partial charge in [-0.25, -0.2) is 8.42 Å². The van der Waals surface area contributed by atoms with E-state index in [9.17, 15) is 13.2 Å². The molecule has 0 radical (unpaired) electrons. The minimum Gasteiger partial charge on any atom is -0.481 e. The Morgan fingerprint density at radius 1 is 0.900 bits per heavy atom. The van der Waals surface area contributed by atoms with Gasteiger partial charge in [-0.1, -0.05) is 37.3 Å². The van der Waals surface area contributed by atoms with Gasteiger partial charge in [0.25, 0.3) is 15.9 Å². The van der Waals surface area contributed by atoms with Crippen LogP contribution in [0.15, 0.2) is 83.8 Å². The van der Waals surface area contributed by atoms with Crippen LogP contribution >= 0.6 is 0 Å². The van der Waals surface area contributed by atoms with Crippen LogP contribution in [0, 0.1) is 0 Å². The van der Waals surface area contributed by atoms with Gasteiger partial charge in [0.1, 0.15) is 5.75 Å². The molecule has 30 heavy (non-hydrogen) atoms. The Bertz CT molecular complexity index is 1080. The summed E-state index contributed by atoms with van der Waals surface area (Å²) in [5, 5.41) is 2.73. The van der Waals surface area contributed by atoms with Crippen molar-refractivity contribution in [1.82, 2.24) is 0 Å². The van der Waals surface area contributed by atoms with Crippen LogP contribution in [0.1, 0.15) is 19.4 Å². The molecule has 0 saturated carbocycles. The summed E-state index contributed by atoms with van der Waals surface area (Å²) in [5.74, 6) is 0.288. The van der Waals surface area contributed by atoms with Gasteiger partial charge in [0, 0.05) is 11.4 Å². The first-order valence-electron chi connectivity index (χ1n) is 9.62. The number of carbonyl (C=O) groups excluding carboxylic acids is 1. The zero-order valence-electron chi connectivity index (χ0n) is 16.8. The fraction of sp³-hybridized carbons (Fsp3) is 0.174. The second-order valence-corrected chi connectivity index (χ2v) is 8.43. The molecule has 0 bridgehead atoms. The number of carbonyl (C=O) groups is 1. The molecule has 0 fully saturated rings. The van der Waals surface area contributed by atoms with Crippen LogP contribution in [0.5, 0.6) is 5.75 Å². The van der Waals surface area contributed by atoms with E-state index in [1.807, 2.05) is 24.3 Å². The van der Waals surface area contributed by atoms with E-state index >= 15 is 0 Å². The molecule has 3 aromatic carbocycles. The lowest BCUT2D eigenvalue weighted by Crippen LogP contribution is -2.30. The second-order valence-electron chi connectivity index (χ2n) is 6.74. The highest BCUT2D eigenvalue weighted by Gasteiger charge is 2.17. The number of aryl methyl sites for hydroxylation is 1. The molecule has 3 aromatic rings. The molecule has 3 rings (SSSR count). The molecule has 1 atom stereocenters. The topological polar surface area (TPSA) is 84.5 Å². The number of nitrogens with one attached hydrogen (secondary N) is 2. The zero-order valence-corrected chi connectivity index (χ0v) is 17.6. The molecular formula is C23H24N2O4S. The van der Waals surface area contributed by atoms with E-state index in [1.165, 1.54) is 17.7 Å². The van der Waals surface area contributed by atoms with Crippen molar-refractivity contribution in [2.24, 2.45) is 0 Å². The fourth-order valence-corrected chi connectivity index (χ4v) is 3.80. The smallest absolute Gasteiger partial charge is 0.265 e. The van der Waals surface area contributed by atoms with E-state index in [0.717, 1.165) is 6.42 Å². The Hall–Kier alpha value is -3.32. The number of benzene rings is 3. The molecule has 0 aromatic heterocycles. The van der Waals surface area contributed by atoms with E-state index in [1.54, 1.807) is 49.4 Å². The highest BCUT2D eigenvalue weighted by Crippen LogP contribution is 2.19. The molecule has 0 spiro atoms. The Kier molecular flexibility index (Phi) is 6.74. The molecule has 2 N–H and O–H groups in total. The van der Waals surface area contributed by atoms with Gasteiger partial charge in [0.05, 0.1) is 4.90 Å². The summed E-state index contributed by atoms with van der Waals surface area (Å²) < 4.78 is 33.1. The predicted molar refractivity (Wildman–Crippen MR) is 118 cm³/mol. The predicted octanol–water partition coefficient (Wildman–Crippen LogP) is 4.46. The van der Waals surface area contributed by atoms with Crippen molar-refractivity contribution in [2.75, 3.05) is 10.0 Å². The monoisotopic (exact) mass is 424 g/mol. The Morgan fingerprint density at radius 2 is 1.53 bits per heavy atom. The van der Waals surface area contributed by atoms with Gasteiger partial charge in [0.15, 0.2) is 6.10 Å². The number of hydrogen-bond donors (Lipinski definition) is 2. The van der Waals surface area contributed by atoms with Gasteiger partial charge in [-0.2, -0.15) is 0 Å². The quantitative estimate of drug-likeness (QED) is 0.559. The van der Waals surface area contributed by atoms with E-state index in [4.69, 9.17) is 4.74 Å². The minimum absolute atomic E-state index is 0.102. The van der Waals surface area contributed by atoms with Crippen molar-refractivity contribution in [1.29, 1.82) is 0 Å². The number of sulfonamides is 1. The maximum atomic E-state index is 12.5. The second kappa shape index (κ2) is 9.45. The molecule has 156 valence electrons. The Labute approximate surface area is 177 Å². The molecule has 0 aliphatic heterocycles. The van der Waals surface area contributed by atoms with Gasteiger partial charge in [-0.15, -0.1) is 0 Å². The molecule has 0 aliphatic carbocycles. The zero-order chi connectivity index (χ0) is 21.6. The number of para-hydroxylation sites is 1. The lowest BCUT2D eigenvalue weighted by Gasteiger charge is -2.15. The van der Waals surface area contributed by atoms with Gasteiger partial charge in [-0.3, -0.25) is 9.52 Å². The number of hydrogen-bond acceptors (Lipinski definition) is 4. The van der Waals surface area contributed by atoms with Crippen LogP contribution in [0.3, 0.4) is 0 Å². The molecule has 0 heterocycles. The van der Waals surface area contributed by atoms with Crippen LogP contribution in [0.2, 0.25) is 0 Å². The van der Waals surface area contributed by atoms with Gasteiger partial charge in [-0.05, 0) is 67.4 Å². The summed E-state index contributed by atoms with van der Waals surface area (Å²) in [5.41, 5.74) is 2.15. The maximum absolute atomic E-state index is 12.5. The highest BCUT2D eigenvalue weighted by molar-refractivity contribution is 7.92. The van der Waals surface area contributed by atoms with E-state index in [0.29, 0.717) is 17.1 Å². The molecule has 0 saturated heterocycles. The highest BCUT2D eigenvalue weighted by atomic mass is 32.2. The minimum atomic E-state index is -3.71. The average molecular weight is 425 g/mol. The van der Waals surface area contributed by atoms with Gasteiger partial charge in [0.2, 0.25) is 0 Å². The van der Waals surface area contributed by atoms with Crippen LogP contribution in [0.25, 0.3) is 0 Å². The summed E-state index contributed by atoms with van der Waals surface area (Å²) in [6.45, 7) is 3.73. The van der Waals surface area contributed by atoms with E-state index in [2.05, 4.69) is 17.0 Å². The first kappa shape index (κ1) is 21.4. The van der Waals surface area contributed by atoms with Crippen LogP contribution < -0.4 is 14.8 Å².